The first-order chi connectivity index (χ1) is 6.25. The maximum atomic E-state index is 11.7. The third kappa shape index (κ3) is 2.99. The van der Waals surface area contributed by atoms with Crippen molar-refractivity contribution in [3.05, 3.63) is 0 Å². The van der Waals surface area contributed by atoms with Gasteiger partial charge in [-0.1, -0.05) is 0 Å². The highest BCUT2D eigenvalue weighted by Gasteiger charge is 2.21. The molecule has 1 aliphatic rings. The fourth-order valence-electron chi connectivity index (χ4n) is 1.69. The van der Waals surface area contributed by atoms with Gasteiger partial charge in [0, 0.05) is 19.7 Å². The average molecular weight is 185 g/mol. The van der Waals surface area contributed by atoms with Crippen molar-refractivity contribution < 1.29 is 9.53 Å². The Bertz CT molecular complexity index is 164. The Morgan fingerprint density at radius 3 is 2.54 bits per heavy atom. The van der Waals surface area contributed by atoms with E-state index in [-0.39, 0.29) is 12.0 Å². The molecule has 76 valence electrons. The molecule has 1 saturated heterocycles. The SMILES string of the molecule is CCOC(C)C(=O)N1CCCCC1. The minimum atomic E-state index is -0.261. The predicted molar refractivity (Wildman–Crippen MR) is 51.5 cm³/mol. The fourth-order valence-corrected chi connectivity index (χ4v) is 1.69. The van der Waals surface area contributed by atoms with Gasteiger partial charge in [0.1, 0.15) is 6.10 Å². The number of amides is 1. The summed E-state index contributed by atoms with van der Waals surface area (Å²) >= 11 is 0. The van der Waals surface area contributed by atoms with Crippen molar-refractivity contribution in [3.8, 4) is 0 Å². The molecule has 0 aliphatic carbocycles. The summed E-state index contributed by atoms with van der Waals surface area (Å²) in [6, 6.07) is 0. The van der Waals surface area contributed by atoms with E-state index in [1.54, 1.807) is 0 Å². The molecule has 1 heterocycles. The third-order valence-electron chi connectivity index (χ3n) is 2.43. The second-order valence-corrected chi connectivity index (χ2v) is 3.48. The summed E-state index contributed by atoms with van der Waals surface area (Å²) in [5.41, 5.74) is 0. The number of carbonyl (C=O) groups is 1. The van der Waals surface area contributed by atoms with Gasteiger partial charge in [-0.25, -0.2) is 0 Å². The van der Waals surface area contributed by atoms with Crippen LogP contribution in [0, 0.1) is 0 Å². The fraction of sp³-hybridized carbons (Fsp3) is 0.900. The Balaban J connectivity index is 2.36. The largest absolute Gasteiger partial charge is 0.369 e. The number of likely N-dealkylation sites (tertiary alicyclic amines) is 1. The summed E-state index contributed by atoms with van der Waals surface area (Å²) in [6.45, 7) is 6.19. The molecule has 0 aromatic rings. The van der Waals surface area contributed by atoms with E-state index < -0.39 is 0 Å². The lowest BCUT2D eigenvalue weighted by Gasteiger charge is -2.28. The molecule has 1 atom stereocenters. The van der Waals surface area contributed by atoms with Gasteiger partial charge < -0.3 is 9.64 Å². The molecule has 0 radical (unpaired) electrons. The smallest absolute Gasteiger partial charge is 0.251 e. The highest BCUT2D eigenvalue weighted by atomic mass is 16.5. The van der Waals surface area contributed by atoms with Crippen LogP contribution in [0.15, 0.2) is 0 Å². The van der Waals surface area contributed by atoms with E-state index in [9.17, 15) is 4.79 Å². The molecule has 3 heteroatoms. The molecular formula is C10H19NO2. The zero-order valence-corrected chi connectivity index (χ0v) is 8.58. The summed E-state index contributed by atoms with van der Waals surface area (Å²) in [7, 11) is 0. The number of piperidine rings is 1. The second kappa shape index (κ2) is 5.22. The molecule has 1 unspecified atom stereocenters. The lowest BCUT2D eigenvalue weighted by atomic mass is 10.1. The molecule has 0 aromatic carbocycles. The van der Waals surface area contributed by atoms with E-state index in [1.165, 1.54) is 6.42 Å². The van der Waals surface area contributed by atoms with Gasteiger partial charge in [0.05, 0.1) is 0 Å². The van der Waals surface area contributed by atoms with Crippen LogP contribution < -0.4 is 0 Å². The monoisotopic (exact) mass is 185 g/mol. The van der Waals surface area contributed by atoms with Crippen LogP contribution >= 0.6 is 0 Å². The van der Waals surface area contributed by atoms with Crippen LogP contribution in [-0.4, -0.2) is 36.6 Å². The molecular weight excluding hydrogens is 166 g/mol. The highest BCUT2D eigenvalue weighted by Crippen LogP contribution is 2.10. The van der Waals surface area contributed by atoms with Crippen molar-refractivity contribution in [3.63, 3.8) is 0 Å². The number of hydrogen-bond donors (Lipinski definition) is 0. The normalized spacial score (nSPS) is 20.0. The Hall–Kier alpha value is -0.570. The molecule has 0 saturated carbocycles. The number of ether oxygens (including phenoxy) is 1. The lowest BCUT2D eigenvalue weighted by Crippen LogP contribution is -2.42. The standard InChI is InChI=1S/C10H19NO2/c1-3-13-9(2)10(12)11-7-5-4-6-8-11/h9H,3-8H2,1-2H3. The van der Waals surface area contributed by atoms with Crippen LogP contribution in [0.3, 0.4) is 0 Å². The topological polar surface area (TPSA) is 29.5 Å². The van der Waals surface area contributed by atoms with E-state index in [0.717, 1.165) is 25.9 Å². The Labute approximate surface area is 80.1 Å². The van der Waals surface area contributed by atoms with Crippen molar-refractivity contribution in [2.24, 2.45) is 0 Å². The van der Waals surface area contributed by atoms with Crippen LogP contribution in [0.25, 0.3) is 0 Å². The summed E-state index contributed by atoms with van der Waals surface area (Å²) in [4.78, 5) is 13.6. The molecule has 3 nitrogen and oxygen atoms in total. The van der Waals surface area contributed by atoms with Crippen molar-refractivity contribution in [2.75, 3.05) is 19.7 Å². The minimum absolute atomic E-state index is 0.154. The summed E-state index contributed by atoms with van der Waals surface area (Å²) in [5.74, 6) is 0.154. The third-order valence-corrected chi connectivity index (χ3v) is 2.43. The lowest BCUT2D eigenvalue weighted by molar-refractivity contribution is -0.143. The van der Waals surface area contributed by atoms with Crippen molar-refractivity contribution in [1.29, 1.82) is 0 Å². The van der Waals surface area contributed by atoms with Crippen LogP contribution in [0.2, 0.25) is 0 Å². The van der Waals surface area contributed by atoms with Crippen LogP contribution in [-0.2, 0) is 9.53 Å². The van der Waals surface area contributed by atoms with Crippen molar-refractivity contribution >= 4 is 5.91 Å². The average Bonchev–Trinajstić information content (AvgIpc) is 2.18. The van der Waals surface area contributed by atoms with Gasteiger partial charge in [0.15, 0.2) is 0 Å². The first-order valence-electron chi connectivity index (χ1n) is 5.16. The quantitative estimate of drug-likeness (QED) is 0.665. The Kier molecular flexibility index (Phi) is 4.22. The van der Waals surface area contributed by atoms with Crippen LogP contribution in [0.5, 0.6) is 0 Å². The van der Waals surface area contributed by atoms with E-state index in [4.69, 9.17) is 4.74 Å². The number of carbonyl (C=O) groups excluding carboxylic acids is 1. The highest BCUT2D eigenvalue weighted by molar-refractivity contribution is 5.80. The molecule has 0 bridgehead atoms. The first kappa shape index (κ1) is 10.5. The van der Waals surface area contributed by atoms with E-state index >= 15 is 0 Å². The zero-order valence-electron chi connectivity index (χ0n) is 8.58. The number of nitrogens with zero attached hydrogens (tertiary/aromatic N) is 1. The van der Waals surface area contributed by atoms with Gasteiger partial charge in [-0.05, 0) is 33.1 Å². The van der Waals surface area contributed by atoms with E-state index in [2.05, 4.69) is 0 Å². The summed E-state index contributed by atoms with van der Waals surface area (Å²) in [6.07, 6.45) is 3.28. The molecule has 1 fully saturated rings. The maximum absolute atomic E-state index is 11.7. The molecule has 0 spiro atoms. The van der Waals surface area contributed by atoms with Gasteiger partial charge in [-0.2, -0.15) is 0 Å². The number of hydrogen-bond acceptors (Lipinski definition) is 2. The molecule has 13 heavy (non-hydrogen) atoms. The van der Waals surface area contributed by atoms with Gasteiger partial charge in [0.25, 0.3) is 5.91 Å². The Morgan fingerprint density at radius 2 is 2.00 bits per heavy atom. The Morgan fingerprint density at radius 1 is 1.38 bits per heavy atom. The zero-order chi connectivity index (χ0) is 9.68. The first-order valence-corrected chi connectivity index (χ1v) is 5.16. The van der Waals surface area contributed by atoms with Crippen LogP contribution in [0.4, 0.5) is 0 Å². The maximum Gasteiger partial charge on any atom is 0.251 e. The van der Waals surface area contributed by atoms with Crippen molar-refractivity contribution in [1.82, 2.24) is 4.90 Å². The predicted octanol–water partition coefficient (Wildman–Crippen LogP) is 1.42. The molecule has 1 rings (SSSR count). The van der Waals surface area contributed by atoms with Gasteiger partial charge in [-0.15, -0.1) is 0 Å². The summed E-state index contributed by atoms with van der Waals surface area (Å²) in [5, 5.41) is 0. The van der Waals surface area contributed by atoms with Gasteiger partial charge in [-0.3, -0.25) is 4.79 Å². The second-order valence-electron chi connectivity index (χ2n) is 3.48. The molecule has 0 aromatic heterocycles. The van der Waals surface area contributed by atoms with E-state index in [0.29, 0.717) is 6.61 Å². The number of rotatable bonds is 3. The van der Waals surface area contributed by atoms with E-state index in [1.807, 2.05) is 18.7 Å². The van der Waals surface area contributed by atoms with Gasteiger partial charge >= 0.3 is 0 Å². The van der Waals surface area contributed by atoms with Gasteiger partial charge in [0.2, 0.25) is 0 Å². The van der Waals surface area contributed by atoms with Crippen LogP contribution in [0.1, 0.15) is 33.1 Å². The minimum Gasteiger partial charge on any atom is -0.369 e. The summed E-state index contributed by atoms with van der Waals surface area (Å²) < 4.78 is 5.27. The molecule has 1 amide bonds. The van der Waals surface area contributed by atoms with Crippen molar-refractivity contribution in [2.45, 2.75) is 39.2 Å². The molecule has 1 aliphatic heterocycles. The molecule has 0 N–H and O–H groups in total.